The molecule has 0 unspecified atom stereocenters. The summed E-state index contributed by atoms with van der Waals surface area (Å²) < 4.78 is 4.74. The fourth-order valence-electron chi connectivity index (χ4n) is 8.39. The molecule has 0 bridgehead atoms. The summed E-state index contributed by atoms with van der Waals surface area (Å²) >= 11 is 0. The number of nitrogens with zero attached hydrogens (tertiary/aromatic N) is 4. The van der Waals surface area contributed by atoms with Gasteiger partial charge in [0, 0.05) is 44.2 Å². The molecule has 4 heteroatoms. The van der Waals surface area contributed by atoms with E-state index in [0.717, 1.165) is 46.5 Å². The molecule has 2 aromatic heterocycles. The topological polar surface area (TPSA) is 34.6 Å². The van der Waals surface area contributed by atoms with Crippen LogP contribution in [0.15, 0.2) is 204 Å². The number of aliphatic imine (C=N–C) groups is 2. The number of aromatic nitrogens is 2. The molecule has 9 aromatic rings. The lowest BCUT2D eigenvalue weighted by atomic mass is 10.0. The van der Waals surface area contributed by atoms with Gasteiger partial charge >= 0.3 is 0 Å². The van der Waals surface area contributed by atoms with Gasteiger partial charge in [-0.3, -0.25) is 0 Å². The zero-order valence-electron chi connectivity index (χ0n) is 32.7. The second-order valence-electron chi connectivity index (χ2n) is 15.1. The molecule has 0 atom stereocenters. The molecule has 58 heavy (non-hydrogen) atoms. The van der Waals surface area contributed by atoms with Crippen LogP contribution in [0.5, 0.6) is 0 Å². The van der Waals surface area contributed by atoms with Gasteiger partial charge < -0.3 is 9.13 Å². The molecule has 0 fully saturated rings. The minimum Gasteiger partial charge on any atom is -0.309 e. The molecule has 0 saturated heterocycles. The highest BCUT2D eigenvalue weighted by atomic mass is 15.0. The van der Waals surface area contributed by atoms with Gasteiger partial charge in [-0.15, -0.1) is 0 Å². The number of aryl methyl sites for hydroxylation is 1. The lowest BCUT2D eigenvalue weighted by Crippen LogP contribution is -2.06. The second kappa shape index (κ2) is 14.6. The maximum absolute atomic E-state index is 5.03. The van der Waals surface area contributed by atoms with Crippen LogP contribution in [0.2, 0.25) is 0 Å². The predicted octanol–water partition coefficient (Wildman–Crippen LogP) is 14.0. The summed E-state index contributed by atoms with van der Waals surface area (Å²) in [6.07, 6.45) is 8.53. The van der Waals surface area contributed by atoms with Crippen LogP contribution in [0.3, 0.4) is 0 Å². The Morgan fingerprint density at radius 1 is 0.517 bits per heavy atom. The fourth-order valence-corrected chi connectivity index (χ4v) is 8.39. The first-order valence-electron chi connectivity index (χ1n) is 20.0. The van der Waals surface area contributed by atoms with Crippen LogP contribution in [-0.2, 0) is 0 Å². The number of rotatable bonds is 7. The summed E-state index contributed by atoms with van der Waals surface area (Å²) in [5, 5.41) is 4.95. The van der Waals surface area contributed by atoms with Gasteiger partial charge in [0.25, 0.3) is 0 Å². The maximum atomic E-state index is 5.03. The summed E-state index contributed by atoms with van der Waals surface area (Å²) in [4.78, 5) is 10.0. The van der Waals surface area contributed by atoms with Crippen molar-refractivity contribution in [1.82, 2.24) is 9.13 Å². The van der Waals surface area contributed by atoms with Gasteiger partial charge in [-0.25, -0.2) is 9.98 Å². The molecule has 2 heterocycles. The number of amidine groups is 1. The van der Waals surface area contributed by atoms with Crippen molar-refractivity contribution < 1.29 is 0 Å². The third-order valence-electron chi connectivity index (χ3n) is 11.4. The Labute approximate surface area is 338 Å². The quantitative estimate of drug-likeness (QED) is 0.115. The molecule has 1 aliphatic rings. The van der Waals surface area contributed by atoms with Crippen LogP contribution in [0.4, 0.5) is 0 Å². The molecule has 278 valence electrons. The fraction of sp³-hybridized carbons (Fsp3) is 0.0741. The van der Waals surface area contributed by atoms with E-state index in [1.807, 2.05) is 25.1 Å². The van der Waals surface area contributed by atoms with E-state index in [4.69, 9.17) is 9.98 Å². The van der Waals surface area contributed by atoms with E-state index in [1.54, 1.807) is 0 Å². The second-order valence-corrected chi connectivity index (χ2v) is 15.1. The van der Waals surface area contributed by atoms with Gasteiger partial charge in [0.05, 0.1) is 27.8 Å². The highest BCUT2D eigenvalue weighted by molar-refractivity contribution is 6.14. The van der Waals surface area contributed by atoms with Crippen molar-refractivity contribution in [2.45, 2.75) is 26.7 Å². The third kappa shape index (κ3) is 6.29. The van der Waals surface area contributed by atoms with Gasteiger partial charge in [-0.2, -0.15) is 0 Å². The van der Waals surface area contributed by atoms with E-state index in [9.17, 15) is 0 Å². The van der Waals surface area contributed by atoms with Crippen molar-refractivity contribution in [2.24, 2.45) is 9.98 Å². The monoisotopic (exact) mass is 746 g/mol. The molecule has 0 aliphatic heterocycles. The zero-order chi connectivity index (χ0) is 39.2. The minimum absolute atomic E-state index is 0.678. The van der Waals surface area contributed by atoms with Crippen molar-refractivity contribution in [1.29, 1.82) is 0 Å². The Bertz CT molecular complexity index is 3170. The van der Waals surface area contributed by atoms with Crippen molar-refractivity contribution in [3.05, 3.63) is 211 Å². The van der Waals surface area contributed by atoms with E-state index in [2.05, 4.69) is 186 Å². The number of allylic oxidation sites excluding steroid dienone is 2. The number of benzene rings is 7. The number of para-hydroxylation sites is 2. The number of hydrogen-bond donors (Lipinski definition) is 0. The molecule has 0 saturated carbocycles. The smallest absolute Gasteiger partial charge is 0.159 e. The molecule has 10 rings (SSSR count). The lowest BCUT2D eigenvalue weighted by Gasteiger charge is -2.12. The van der Waals surface area contributed by atoms with Crippen LogP contribution in [0, 0.1) is 6.92 Å². The van der Waals surface area contributed by atoms with Gasteiger partial charge in [0.2, 0.25) is 0 Å². The summed E-state index contributed by atoms with van der Waals surface area (Å²) in [5.74, 6) is 0.681. The number of hydrogen-bond acceptors (Lipinski definition) is 1. The molecule has 1 aliphatic carbocycles. The van der Waals surface area contributed by atoms with Crippen molar-refractivity contribution in [3.8, 4) is 22.5 Å². The molecule has 0 radical (unpaired) electrons. The Morgan fingerprint density at radius 3 is 1.62 bits per heavy atom. The average molecular weight is 747 g/mol. The Kier molecular flexibility index (Phi) is 8.88. The SMILES string of the molecule is C=C(N=C(N=C(C)c1ccccc1)C1=CCCC=C1)c1ccc(-n2c3ccccc3c3cc(-c4ccc5c(c4)c4ccccc4n5-c4ccc(C)cc4)ccc32)cc1. The number of fused-ring (bicyclic) bond motifs is 6. The molecule has 4 nitrogen and oxygen atoms in total. The van der Waals surface area contributed by atoms with Crippen LogP contribution in [0.25, 0.3) is 71.8 Å². The van der Waals surface area contributed by atoms with E-state index in [0.29, 0.717) is 11.5 Å². The largest absolute Gasteiger partial charge is 0.309 e. The van der Waals surface area contributed by atoms with Gasteiger partial charge in [-0.05, 0) is 110 Å². The predicted molar refractivity (Wildman–Crippen MR) is 247 cm³/mol. The Hall–Kier alpha value is -7.30. The first-order chi connectivity index (χ1) is 28.5. The molecule has 0 amide bonds. The zero-order valence-corrected chi connectivity index (χ0v) is 32.7. The Balaban J connectivity index is 1.02. The third-order valence-corrected chi connectivity index (χ3v) is 11.4. The van der Waals surface area contributed by atoms with Crippen LogP contribution < -0.4 is 0 Å². The maximum Gasteiger partial charge on any atom is 0.159 e. The van der Waals surface area contributed by atoms with Crippen molar-refractivity contribution >= 4 is 60.9 Å². The van der Waals surface area contributed by atoms with Crippen LogP contribution >= 0.6 is 0 Å². The summed E-state index contributed by atoms with van der Waals surface area (Å²) in [5.41, 5.74) is 15.3. The summed E-state index contributed by atoms with van der Waals surface area (Å²) in [6.45, 7) is 8.58. The normalized spacial score (nSPS) is 13.5. The molecular formula is C54H42N4. The first-order valence-corrected chi connectivity index (χ1v) is 20.0. The van der Waals surface area contributed by atoms with Gasteiger partial charge in [0.1, 0.15) is 0 Å². The van der Waals surface area contributed by atoms with Crippen LogP contribution in [0.1, 0.15) is 36.5 Å². The molecule has 0 N–H and O–H groups in total. The molecule has 7 aromatic carbocycles. The van der Waals surface area contributed by atoms with Crippen LogP contribution in [-0.4, -0.2) is 20.7 Å². The average Bonchev–Trinajstić information content (AvgIpc) is 3.79. The minimum atomic E-state index is 0.678. The van der Waals surface area contributed by atoms with E-state index in [-0.39, 0.29) is 0 Å². The first kappa shape index (κ1) is 35.1. The summed E-state index contributed by atoms with van der Waals surface area (Å²) in [6, 6.07) is 58.8. The molecular weight excluding hydrogens is 705 g/mol. The van der Waals surface area contributed by atoms with E-state index < -0.39 is 0 Å². The lowest BCUT2D eigenvalue weighted by molar-refractivity contribution is 1.03. The van der Waals surface area contributed by atoms with Gasteiger partial charge in [0.15, 0.2) is 5.84 Å². The van der Waals surface area contributed by atoms with Gasteiger partial charge in [-0.1, -0.05) is 133 Å². The standard InChI is InChI=1S/C54H42N4/c1-36-22-28-44(29-23-36)57-50-20-12-10-18-46(50)48-34-42(26-32-52(48)57)43-27-33-53-49(35-43)47-19-11-13-21-51(47)58(53)45-30-24-40(25-31-45)38(3)56-54(41-16-8-5-9-17-41)55-37(2)39-14-6-4-7-15-39/h4,6-8,10-35H,3,5,9H2,1-2H3. The highest BCUT2D eigenvalue weighted by Crippen LogP contribution is 2.38. The van der Waals surface area contributed by atoms with Crippen molar-refractivity contribution in [3.63, 3.8) is 0 Å². The molecule has 0 spiro atoms. The van der Waals surface area contributed by atoms with E-state index in [1.165, 1.54) is 60.5 Å². The Morgan fingerprint density at radius 2 is 1.05 bits per heavy atom. The van der Waals surface area contributed by atoms with Crippen molar-refractivity contribution in [2.75, 3.05) is 0 Å². The summed E-state index contributed by atoms with van der Waals surface area (Å²) in [7, 11) is 0. The highest BCUT2D eigenvalue weighted by Gasteiger charge is 2.17. The van der Waals surface area contributed by atoms with E-state index >= 15 is 0 Å².